The van der Waals surface area contributed by atoms with Crippen LogP contribution in [-0.4, -0.2) is 34.6 Å². The van der Waals surface area contributed by atoms with Crippen LogP contribution in [0.25, 0.3) is 0 Å². The lowest BCUT2D eigenvalue weighted by Crippen LogP contribution is -2.32. The first-order valence-electron chi connectivity index (χ1n) is 13.1. The normalized spacial score (nSPS) is 19.5. The summed E-state index contributed by atoms with van der Waals surface area (Å²) in [6, 6.07) is 16.2. The summed E-state index contributed by atoms with van der Waals surface area (Å²) in [5.41, 5.74) is 0.851. The van der Waals surface area contributed by atoms with Crippen LogP contribution < -0.4 is 19.8 Å². The number of halogens is 4. The van der Waals surface area contributed by atoms with Gasteiger partial charge in [0.1, 0.15) is 11.0 Å². The van der Waals surface area contributed by atoms with E-state index >= 15 is 0 Å². The van der Waals surface area contributed by atoms with Gasteiger partial charge in [-0.15, -0.1) is 0 Å². The minimum Gasteiger partial charge on any atom is -0.483 e. The van der Waals surface area contributed by atoms with Crippen molar-refractivity contribution in [3.05, 3.63) is 102 Å². The van der Waals surface area contributed by atoms with Gasteiger partial charge in [-0.05, 0) is 55.5 Å². The molecular formula is C30H21BrF3N3O5S2. The number of imide groups is 1. The molecule has 1 aromatic heterocycles. The number of aromatic amines is 1. The van der Waals surface area contributed by atoms with E-state index in [0.29, 0.717) is 25.6 Å². The number of anilines is 2. The van der Waals surface area contributed by atoms with Crippen LogP contribution >= 0.6 is 39.0 Å². The molecule has 0 radical (unpaired) electrons. The van der Waals surface area contributed by atoms with Crippen LogP contribution in [0.1, 0.15) is 27.5 Å². The van der Waals surface area contributed by atoms with Crippen molar-refractivity contribution in [3.8, 4) is 5.75 Å². The van der Waals surface area contributed by atoms with Crippen LogP contribution in [0.3, 0.4) is 0 Å². The number of thioether (sulfide) groups is 1. The Labute approximate surface area is 264 Å². The molecule has 0 aliphatic carbocycles. The highest BCUT2D eigenvalue weighted by molar-refractivity contribution is 9.10. The summed E-state index contributed by atoms with van der Waals surface area (Å²) in [7, 11) is 0. The number of rotatable bonds is 6. The summed E-state index contributed by atoms with van der Waals surface area (Å²) in [5, 5.41) is 2.11. The monoisotopic (exact) mass is 703 g/mol. The van der Waals surface area contributed by atoms with Crippen molar-refractivity contribution >= 4 is 68.1 Å². The second-order valence-corrected chi connectivity index (χ2v) is 13.3. The minimum absolute atomic E-state index is 0.195. The average Bonchev–Trinajstić information content (AvgIpc) is 3.47. The Kier molecular flexibility index (Phi) is 7.92. The van der Waals surface area contributed by atoms with Gasteiger partial charge in [-0.1, -0.05) is 62.8 Å². The van der Waals surface area contributed by atoms with Crippen LogP contribution in [0.5, 0.6) is 5.75 Å². The number of alkyl halides is 3. The summed E-state index contributed by atoms with van der Waals surface area (Å²) in [5.74, 6) is -3.53. The van der Waals surface area contributed by atoms with Crippen LogP contribution in [-0.2, 0) is 20.6 Å². The Hall–Kier alpha value is -3.88. The molecular weight excluding hydrogens is 683 g/mol. The standard InChI is InChI=1S/C30H21BrF3N3O5S2/c1-14-5-8-17(9-6-14)35-21(38)13-42-20-10-7-16(31)12-19(20)22-23-25(43-26-24(22)44-29(41)36-26)28(40)37(27(23)39)18-4-2-3-15(11-18)30(32,33)34/h2-12,22-23,25H,13H2,1H3,(H,35,38)(H,36,41)/t22-,23-,25+/m0/s1. The molecule has 3 amide bonds. The number of thiazole rings is 1. The number of aromatic nitrogens is 1. The Morgan fingerprint density at radius 2 is 1.80 bits per heavy atom. The van der Waals surface area contributed by atoms with Gasteiger partial charge in [0.2, 0.25) is 11.8 Å². The number of hydrogen-bond donors (Lipinski definition) is 2. The van der Waals surface area contributed by atoms with Crippen LogP contribution in [0.2, 0.25) is 0 Å². The maximum atomic E-state index is 14.0. The highest BCUT2D eigenvalue weighted by Gasteiger charge is 2.57. The van der Waals surface area contributed by atoms with E-state index in [2.05, 4.69) is 26.2 Å². The Balaban J connectivity index is 1.36. The largest absolute Gasteiger partial charge is 0.483 e. The number of aryl methyl sites for hydroxylation is 1. The SMILES string of the molecule is Cc1ccc(NC(=O)COc2ccc(Br)cc2[C@@H]2c3sc(=O)[nH]c3S[C@H]3C(=O)N(c4cccc(C(F)(F)F)c4)C(=O)[C@@H]23)cc1. The number of amides is 3. The van der Waals surface area contributed by atoms with Gasteiger partial charge in [0.15, 0.2) is 6.61 Å². The summed E-state index contributed by atoms with van der Waals surface area (Å²) in [4.78, 5) is 56.5. The molecule has 0 bridgehead atoms. The van der Waals surface area contributed by atoms with E-state index in [0.717, 1.165) is 51.8 Å². The molecule has 0 unspecified atom stereocenters. The molecule has 14 heteroatoms. The quantitative estimate of drug-likeness (QED) is 0.227. The van der Waals surface area contributed by atoms with Gasteiger partial charge in [-0.3, -0.25) is 19.2 Å². The minimum atomic E-state index is -4.68. The number of hydrogen-bond acceptors (Lipinski definition) is 7. The molecule has 1 fully saturated rings. The Morgan fingerprint density at radius 1 is 1.05 bits per heavy atom. The molecule has 1 saturated heterocycles. The number of carbonyl (C=O) groups is 3. The van der Waals surface area contributed by atoms with Gasteiger partial charge < -0.3 is 15.0 Å². The molecule has 8 nitrogen and oxygen atoms in total. The van der Waals surface area contributed by atoms with Crippen molar-refractivity contribution in [3.63, 3.8) is 0 Å². The first-order valence-corrected chi connectivity index (χ1v) is 15.6. The predicted octanol–water partition coefficient (Wildman–Crippen LogP) is 6.34. The molecule has 44 heavy (non-hydrogen) atoms. The number of fused-ring (bicyclic) bond motifs is 2. The third kappa shape index (κ3) is 5.69. The smallest absolute Gasteiger partial charge is 0.416 e. The summed E-state index contributed by atoms with van der Waals surface area (Å²) in [6.07, 6.45) is -4.68. The van der Waals surface area contributed by atoms with Crippen molar-refractivity contribution < 1.29 is 32.3 Å². The van der Waals surface area contributed by atoms with E-state index in [1.807, 2.05) is 19.1 Å². The fourth-order valence-corrected chi connectivity index (χ4v) is 8.18. The van der Waals surface area contributed by atoms with E-state index in [1.54, 1.807) is 30.3 Å². The van der Waals surface area contributed by atoms with E-state index in [1.165, 1.54) is 6.07 Å². The molecule has 3 heterocycles. The van der Waals surface area contributed by atoms with Crippen molar-refractivity contribution in [1.82, 2.24) is 4.98 Å². The third-order valence-corrected chi connectivity index (χ3v) is 10.2. The Bertz CT molecular complexity index is 1860. The molecule has 3 aromatic carbocycles. The van der Waals surface area contributed by atoms with Crippen LogP contribution in [0.15, 0.2) is 81.0 Å². The zero-order valence-electron chi connectivity index (χ0n) is 22.6. The molecule has 226 valence electrons. The lowest BCUT2D eigenvalue weighted by molar-refractivity contribution is -0.137. The van der Waals surface area contributed by atoms with Gasteiger partial charge in [0, 0.05) is 26.5 Å². The zero-order chi connectivity index (χ0) is 31.3. The highest BCUT2D eigenvalue weighted by atomic mass is 79.9. The topological polar surface area (TPSA) is 109 Å². The lowest BCUT2D eigenvalue weighted by Gasteiger charge is -2.31. The first kappa shape index (κ1) is 30.2. The van der Waals surface area contributed by atoms with Crippen molar-refractivity contribution in [2.75, 3.05) is 16.8 Å². The van der Waals surface area contributed by atoms with Crippen molar-refractivity contribution in [2.45, 2.75) is 29.3 Å². The molecule has 0 saturated carbocycles. The number of H-pyrrole nitrogens is 1. The number of carbonyl (C=O) groups excluding carboxylic acids is 3. The second-order valence-electron chi connectivity index (χ2n) is 10.2. The molecule has 2 aliphatic rings. The average molecular weight is 705 g/mol. The van der Waals surface area contributed by atoms with E-state index in [4.69, 9.17) is 4.74 Å². The summed E-state index contributed by atoms with van der Waals surface area (Å²) >= 11 is 5.32. The third-order valence-electron chi connectivity index (χ3n) is 7.26. The van der Waals surface area contributed by atoms with Crippen molar-refractivity contribution in [1.29, 1.82) is 0 Å². The number of ether oxygens (including phenoxy) is 1. The summed E-state index contributed by atoms with van der Waals surface area (Å²) < 4.78 is 47.0. The van der Waals surface area contributed by atoms with Crippen LogP contribution in [0.4, 0.5) is 24.5 Å². The van der Waals surface area contributed by atoms with E-state index in [9.17, 15) is 32.3 Å². The molecule has 2 N–H and O–H groups in total. The van der Waals surface area contributed by atoms with Gasteiger partial charge >= 0.3 is 11.0 Å². The van der Waals surface area contributed by atoms with E-state index in [-0.39, 0.29) is 18.0 Å². The molecule has 0 spiro atoms. The number of nitrogens with zero attached hydrogens (tertiary/aromatic N) is 1. The van der Waals surface area contributed by atoms with Crippen molar-refractivity contribution in [2.24, 2.45) is 5.92 Å². The maximum Gasteiger partial charge on any atom is 0.416 e. The van der Waals surface area contributed by atoms with E-state index < -0.39 is 51.4 Å². The first-order chi connectivity index (χ1) is 20.9. The zero-order valence-corrected chi connectivity index (χ0v) is 25.8. The Morgan fingerprint density at radius 3 is 2.52 bits per heavy atom. The van der Waals surface area contributed by atoms with Gasteiger partial charge in [0.25, 0.3) is 5.91 Å². The predicted molar refractivity (Wildman–Crippen MR) is 163 cm³/mol. The van der Waals surface area contributed by atoms with Crippen LogP contribution in [0, 0.1) is 12.8 Å². The van der Waals surface area contributed by atoms with Gasteiger partial charge in [0.05, 0.1) is 22.2 Å². The molecule has 2 aliphatic heterocycles. The van der Waals surface area contributed by atoms with Gasteiger partial charge in [-0.2, -0.15) is 13.2 Å². The summed E-state index contributed by atoms with van der Waals surface area (Å²) in [6.45, 7) is 1.55. The van der Waals surface area contributed by atoms with Gasteiger partial charge in [-0.25, -0.2) is 4.90 Å². The lowest BCUT2D eigenvalue weighted by atomic mass is 9.82. The molecule has 3 atom stereocenters. The molecule has 6 rings (SSSR count). The number of benzene rings is 3. The maximum absolute atomic E-state index is 14.0. The fourth-order valence-electron chi connectivity index (χ4n) is 5.30. The molecule has 4 aromatic rings. The number of nitrogens with one attached hydrogen (secondary N) is 2. The highest BCUT2D eigenvalue weighted by Crippen LogP contribution is 2.55. The fraction of sp³-hybridized carbons (Fsp3) is 0.200. The second kappa shape index (κ2) is 11.6.